The lowest BCUT2D eigenvalue weighted by molar-refractivity contribution is 0.111. The van der Waals surface area contributed by atoms with E-state index >= 15 is 0 Å². The van der Waals surface area contributed by atoms with Gasteiger partial charge in [0.2, 0.25) is 5.88 Å². The number of rotatable bonds is 6. The summed E-state index contributed by atoms with van der Waals surface area (Å²) in [6.07, 6.45) is 10.7. The maximum atomic E-state index is 11.2. The Morgan fingerprint density at radius 2 is 2.16 bits per heavy atom. The maximum Gasteiger partial charge on any atom is 0.211 e. The Kier molecular flexibility index (Phi) is 4.26. The molecule has 0 aliphatic heterocycles. The molecular formula is C19H21N3O3. The monoisotopic (exact) mass is 339 g/mol. The molecule has 130 valence electrons. The van der Waals surface area contributed by atoms with Gasteiger partial charge in [-0.15, -0.1) is 0 Å². The van der Waals surface area contributed by atoms with Gasteiger partial charge < -0.3 is 9.84 Å². The average Bonchev–Trinajstić information content (AvgIpc) is 3.37. The molecule has 1 N–H and O–H groups in total. The van der Waals surface area contributed by atoms with E-state index in [1.807, 2.05) is 6.20 Å². The van der Waals surface area contributed by atoms with Gasteiger partial charge in [0.05, 0.1) is 23.5 Å². The van der Waals surface area contributed by atoms with Crippen LogP contribution in [0.4, 0.5) is 0 Å². The summed E-state index contributed by atoms with van der Waals surface area (Å²) in [4.78, 5) is 15.0. The van der Waals surface area contributed by atoms with Crippen LogP contribution in [0.15, 0.2) is 30.1 Å². The van der Waals surface area contributed by atoms with Crippen molar-refractivity contribution in [1.82, 2.24) is 14.8 Å². The van der Waals surface area contributed by atoms with Crippen molar-refractivity contribution < 1.29 is 14.6 Å². The van der Waals surface area contributed by atoms with Gasteiger partial charge in [0.15, 0.2) is 6.29 Å². The molecule has 4 rings (SSSR count). The van der Waals surface area contributed by atoms with Gasteiger partial charge in [0.25, 0.3) is 0 Å². The van der Waals surface area contributed by atoms with E-state index in [1.54, 1.807) is 0 Å². The molecule has 0 unspecified atom stereocenters. The van der Waals surface area contributed by atoms with Gasteiger partial charge in [0.1, 0.15) is 12.4 Å². The Labute approximate surface area is 146 Å². The van der Waals surface area contributed by atoms with Crippen molar-refractivity contribution in [3.05, 3.63) is 41.4 Å². The number of carbonyl (C=O) groups excluding carboxylic acids is 1. The van der Waals surface area contributed by atoms with Gasteiger partial charge in [-0.3, -0.25) is 9.48 Å². The van der Waals surface area contributed by atoms with Crippen LogP contribution in [0.3, 0.4) is 0 Å². The van der Waals surface area contributed by atoms with Gasteiger partial charge in [-0.05, 0) is 55.7 Å². The lowest BCUT2D eigenvalue weighted by atomic mass is 9.90. The summed E-state index contributed by atoms with van der Waals surface area (Å²) in [5.41, 5.74) is 4.11. The van der Waals surface area contributed by atoms with Crippen LogP contribution in [0, 0.1) is 0 Å². The zero-order valence-corrected chi connectivity index (χ0v) is 14.0. The van der Waals surface area contributed by atoms with E-state index in [9.17, 15) is 9.90 Å². The molecule has 0 bridgehead atoms. The fourth-order valence-corrected chi connectivity index (χ4v) is 3.42. The van der Waals surface area contributed by atoms with Crippen LogP contribution < -0.4 is 4.74 Å². The highest BCUT2D eigenvalue weighted by atomic mass is 16.5. The van der Waals surface area contributed by atoms with E-state index in [0.29, 0.717) is 30.2 Å². The zero-order valence-electron chi connectivity index (χ0n) is 14.0. The van der Waals surface area contributed by atoms with E-state index in [-0.39, 0.29) is 5.88 Å². The molecule has 2 aromatic heterocycles. The number of hydrogen-bond donors (Lipinski definition) is 1. The van der Waals surface area contributed by atoms with Crippen molar-refractivity contribution in [3.63, 3.8) is 0 Å². The minimum Gasteiger partial charge on any atom is -0.493 e. The molecule has 2 heterocycles. The number of nitrogens with zero attached hydrogens (tertiary/aromatic N) is 3. The Morgan fingerprint density at radius 3 is 2.96 bits per heavy atom. The molecule has 0 spiro atoms. The van der Waals surface area contributed by atoms with Crippen LogP contribution in [0.25, 0.3) is 5.57 Å². The molecule has 0 atom stereocenters. The molecule has 2 aliphatic carbocycles. The SMILES string of the molecule is O=Cc1cc(O)ncc1OCC1=C(c2ccnn2C2CC2)CCCC1. The van der Waals surface area contributed by atoms with E-state index < -0.39 is 0 Å². The number of allylic oxidation sites excluding steroid dienone is 1. The predicted octanol–water partition coefficient (Wildman–Crippen LogP) is 3.54. The van der Waals surface area contributed by atoms with Gasteiger partial charge in [-0.2, -0.15) is 5.10 Å². The topological polar surface area (TPSA) is 77.2 Å². The molecule has 0 aromatic carbocycles. The number of hydrogen-bond acceptors (Lipinski definition) is 5. The van der Waals surface area contributed by atoms with Gasteiger partial charge in [-0.25, -0.2) is 4.98 Å². The van der Waals surface area contributed by atoms with Crippen LogP contribution in [0.1, 0.15) is 60.6 Å². The summed E-state index contributed by atoms with van der Waals surface area (Å²) in [5, 5.41) is 13.9. The first kappa shape index (κ1) is 15.9. The van der Waals surface area contributed by atoms with E-state index in [2.05, 4.69) is 20.8 Å². The van der Waals surface area contributed by atoms with E-state index in [4.69, 9.17) is 4.74 Å². The van der Waals surface area contributed by atoms with Gasteiger partial charge in [0, 0.05) is 12.3 Å². The average molecular weight is 339 g/mol. The Bertz CT molecular complexity index is 821. The number of aldehydes is 1. The van der Waals surface area contributed by atoms with Crippen LogP contribution in [-0.4, -0.2) is 32.8 Å². The highest BCUT2D eigenvalue weighted by Gasteiger charge is 2.28. The molecule has 6 nitrogen and oxygen atoms in total. The minimum absolute atomic E-state index is 0.180. The fourth-order valence-electron chi connectivity index (χ4n) is 3.42. The van der Waals surface area contributed by atoms with Gasteiger partial charge in [-0.1, -0.05) is 0 Å². The van der Waals surface area contributed by atoms with Crippen molar-refractivity contribution in [2.45, 2.75) is 44.6 Å². The largest absolute Gasteiger partial charge is 0.493 e. The summed E-state index contributed by atoms with van der Waals surface area (Å²) in [7, 11) is 0. The molecule has 1 saturated carbocycles. The first-order valence-corrected chi connectivity index (χ1v) is 8.78. The zero-order chi connectivity index (χ0) is 17.2. The molecule has 2 aliphatic rings. The summed E-state index contributed by atoms with van der Waals surface area (Å²) in [6.45, 7) is 0.429. The summed E-state index contributed by atoms with van der Waals surface area (Å²) in [5.74, 6) is 0.223. The molecule has 1 fully saturated rings. The number of carbonyl (C=O) groups is 1. The molecule has 25 heavy (non-hydrogen) atoms. The molecule has 2 aromatic rings. The second kappa shape index (κ2) is 6.70. The van der Waals surface area contributed by atoms with Crippen molar-refractivity contribution in [1.29, 1.82) is 0 Å². The van der Waals surface area contributed by atoms with Crippen LogP contribution >= 0.6 is 0 Å². The number of aromatic nitrogens is 3. The first-order valence-electron chi connectivity index (χ1n) is 8.78. The van der Waals surface area contributed by atoms with Gasteiger partial charge >= 0.3 is 0 Å². The molecular weight excluding hydrogens is 318 g/mol. The molecule has 0 radical (unpaired) electrons. The van der Waals surface area contributed by atoms with Crippen molar-refractivity contribution in [3.8, 4) is 11.6 Å². The number of aromatic hydroxyl groups is 1. The van der Waals surface area contributed by atoms with Crippen LogP contribution in [0.5, 0.6) is 11.6 Å². The second-order valence-corrected chi connectivity index (χ2v) is 6.67. The third-order valence-corrected chi connectivity index (χ3v) is 4.87. The standard InChI is InChI=1S/C19H21N3O3/c23-11-14-9-19(24)20-10-18(14)25-12-13-3-1-2-4-16(13)17-7-8-21-22(17)15-5-6-15/h7-11,15H,1-6,12H2,(H,20,24). The van der Waals surface area contributed by atoms with Crippen LogP contribution in [0.2, 0.25) is 0 Å². The first-order chi connectivity index (χ1) is 12.3. The molecule has 0 saturated heterocycles. The van der Waals surface area contributed by atoms with E-state index in [0.717, 1.165) is 19.3 Å². The smallest absolute Gasteiger partial charge is 0.211 e. The van der Waals surface area contributed by atoms with Crippen molar-refractivity contribution in [2.75, 3.05) is 6.61 Å². The summed E-state index contributed by atoms with van der Waals surface area (Å²) < 4.78 is 8.03. The third-order valence-electron chi connectivity index (χ3n) is 4.87. The highest BCUT2D eigenvalue weighted by molar-refractivity contribution is 5.79. The van der Waals surface area contributed by atoms with Crippen LogP contribution in [-0.2, 0) is 0 Å². The maximum absolute atomic E-state index is 11.2. The number of pyridine rings is 1. The molecule has 6 heteroatoms. The van der Waals surface area contributed by atoms with Crippen molar-refractivity contribution in [2.24, 2.45) is 0 Å². The lowest BCUT2D eigenvalue weighted by Crippen LogP contribution is -2.12. The van der Waals surface area contributed by atoms with E-state index in [1.165, 1.54) is 48.4 Å². The summed E-state index contributed by atoms with van der Waals surface area (Å²) in [6, 6.07) is 3.96. The second-order valence-electron chi connectivity index (χ2n) is 6.67. The summed E-state index contributed by atoms with van der Waals surface area (Å²) >= 11 is 0. The van der Waals surface area contributed by atoms with Crippen molar-refractivity contribution >= 4 is 11.9 Å². The Hall–Kier alpha value is -2.63. The number of ether oxygens (including phenoxy) is 1. The Morgan fingerprint density at radius 1 is 1.32 bits per heavy atom. The normalized spacial score (nSPS) is 17.6. The third kappa shape index (κ3) is 3.29. The molecule has 0 amide bonds. The predicted molar refractivity (Wildman–Crippen MR) is 92.7 cm³/mol. The minimum atomic E-state index is -0.180. The lowest BCUT2D eigenvalue weighted by Gasteiger charge is -2.22. The quantitative estimate of drug-likeness (QED) is 0.815. The highest BCUT2D eigenvalue weighted by Crippen LogP contribution is 2.39. The Balaban J connectivity index is 1.59. The fraction of sp³-hybridized carbons (Fsp3) is 0.421.